The molecule has 6 heteroatoms. The molecule has 0 heterocycles. The first-order chi connectivity index (χ1) is 8.97. The van der Waals surface area contributed by atoms with Crippen LogP contribution in [0.2, 0.25) is 0 Å². The molecule has 2 amide bonds. The summed E-state index contributed by atoms with van der Waals surface area (Å²) in [5.41, 5.74) is 1.86. The van der Waals surface area contributed by atoms with Gasteiger partial charge in [-0.1, -0.05) is 6.07 Å². The monoisotopic (exact) mass is 277 g/mol. The molecule has 0 radical (unpaired) electrons. The first-order valence-electron chi connectivity index (χ1n) is 5.67. The highest BCUT2D eigenvalue weighted by atomic mass is 32.1. The first-order valence-corrected chi connectivity index (χ1v) is 6.30. The van der Waals surface area contributed by atoms with Crippen molar-refractivity contribution in [1.29, 1.82) is 5.26 Å². The molecule has 0 saturated heterocycles. The van der Waals surface area contributed by atoms with Crippen LogP contribution in [0, 0.1) is 18.3 Å². The average molecular weight is 277 g/mol. The molecule has 0 aliphatic carbocycles. The molecule has 0 aliphatic rings. The SMILES string of the molecule is CC(=O)NC(CS)C(=O)Nc1cc(C#N)ccc1C. The van der Waals surface area contributed by atoms with E-state index in [0.29, 0.717) is 11.3 Å². The molecular weight excluding hydrogens is 262 g/mol. The van der Waals surface area contributed by atoms with E-state index in [-0.39, 0.29) is 17.6 Å². The minimum Gasteiger partial charge on any atom is -0.344 e. The van der Waals surface area contributed by atoms with Gasteiger partial charge in [0.15, 0.2) is 0 Å². The van der Waals surface area contributed by atoms with Crippen LogP contribution in [0.15, 0.2) is 18.2 Å². The lowest BCUT2D eigenvalue weighted by atomic mass is 10.1. The van der Waals surface area contributed by atoms with Crippen LogP contribution in [0.4, 0.5) is 5.69 Å². The van der Waals surface area contributed by atoms with Gasteiger partial charge in [-0.15, -0.1) is 0 Å². The fourth-order valence-corrected chi connectivity index (χ4v) is 1.74. The Balaban J connectivity index is 2.86. The van der Waals surface area contributed by atoms with Gasteiger partial charge < -0.3 is 10.6 Å². The summed E-state index contributed by atoms with van der Waals surface area (Å²) >= 11 is 4.03. The maximum Gasteiger partial charge on any atom is 0.247 e. The van der Waals surface area contributed by atoms with Gasteiger partial charge in [-0.2, -0.15) is 17.9 Å². The molecule has 0 bridgehead atoms. The Labute approximate surface area is 117 Å². The molecule has 19 heavy (non-hydrogen) atoms. The topological polar surface area (TPSA) is 82.0 Å². The van der Waals surface area contributed by atoms with E-state index in [2.05, 4.69) is 23.3 Å². The molecule has 1 unspecified atom stereocenters. The van der Waals surface area contributed by atoms with Crippen LogP contribution in [0.5, 0.6) is 0 Å². The number of aryl methyl sites for hydroxylation is 1. The normalized spacial score (nSPS) is 11.3. The second-order valence-electron chi connectivity index (χ2n) is 4.07. The number of hydrogen-bond acceptors (Lipinski definition) is 4. The number of benzene rings is 1. The molecule has 5 nitrogen and oxygen atoms in total. The Hall–Kier alpha value is -2.00. The van der Waals surface area contributed by atoms with Crippen molar-refractivity contribution in [3.63, 3.8) is 0 Å². The lowest BCUT2D eigenvalue weighted by Gasteiger charge is -2.16. The molecule has 0 aromatic heterocycles. The second-order valence-corrected chi connectivity index (χ2v) is 4.43. The Kier molecular flexibility index (Phi) is 5.39. The average Bonchev–Trinajstić information content (AvgIpc) is 2.38. The zero-order valence-electron chi connectivity index (χ0n) is 10.7. The van der Waals surface area contributed by atoms with Crippen molar-refractivity contribution in [2.45, 2.75) is 19.9 Å². The lowest BCUT2D eigenvalue weighted by Crippen LogP contribution is -2.44. The summed E-state index contributed by atoms with van der Waals surface area (Å²) in [5, 5.41) is 14.0. The maximum absolute atomic E-state index is 12.0. The summed E-state index contributed by atoms with van der Waals surface area (Å²) in [4.78, 5) is 22.9. The van der Waals surface area contributed by atoms with Crippen LogP contribution in [0.1, 0.15) is 18.1 Å². The molecule has 0 saturated carbocycles. The van der Waals surface area contributed by atoms with Gasteiger partial charge in [0.2, 0.25) is 11.8 Å². The Bertz CT molecular complexity index is 537. The molecular formula is C13H15N3O2S. The predicted octanol–water partition coefficient (Wildman–Crippen LogP) is 1.24. The van der Waals surface area contributed by atoms with Crippen molar-refractivity contribution >= 4 is 30.1 Å². The van der Waals surface area contributed by atoms with Crippen molar-refractivity contribution < 1.29 is 9.59 Å². The molecule has 0 fully saturated rings. The lowest BCUT2D eigenvalue weighted by molar-refractivity contribution is -0.124. The van der Waals surface area contributed by atoms with Gasteiger partial charge in [0.1, 0.15) is 6.04 Å². The summed E-state index contributed by atoms with van der Waals surface area (Å²) in [6.07, 6.45) is 0. The largest absolute Gasteiger partial charge is 0.344 e. The number of hydrogen-bond donors (Lipinski definition) is 3. The third-order valence-electron chi connectivity index (χ3n) is 2.50. The highest BCUT2D eigenvalue weighted by Crippen LogP contribution is 2.16. The standard InChI is InChI=1S/C13H15N3O2S/c1-8-3-4-10(6-14)5-11(8)16-13(18)12(7-19)15-9(2)17/h3-5,12,19H,7H2,1-2H3,(H,15,17)(H,16,18). The Morgan fingerprint density at radius 1 is 1.47 bits per heavy atom. The number of nitriles is 1. The van der Waals surface area contributed by atoms with Gasteiger partial charge in [0.25, 0.3) is 0 Å². The molecule has 2 N–H and O–H groups in total. The van der Waals surface area contributed by atoms with Crippen LogP contribution >= 0.6 is 12.6 Å². The molecule has 0 aliphatic heterocycles. The number of carbonyl (C=O) groups excluding carboxylic acids is 2. The van der Waals surface area contributed by atoms with Gasteiger partial charge in [-0.3, -0.25) is 9.59 Å². The van der Waals surface area contributed by atoms with Gasteiger partial charge in [0.05, 0.1) is 11.6 Å². The Morgan fingerprint density at radius 2 is 2.16 bits per heavy atom. The number of carbonyl (C=O) groups is 2. The van der Waals surface area contributed by atoms with Gasteiger partial charge in [-0.05, 0) is 24.6 Å². The molecule has 1 aromatic rings. The number of nitrogens with one attached hydrogen (secondary N) is 2. The van der Waals surface area contributed by atoms with E-state index >= 15 is 0 Å². The van der Waals surface area contributed by atoms with Crippen molar-refractivity contribution in [2.24, 2.45) is 0 Å². The number of thiol groups is 1. The highest BCUT2D eigenvalue weighted by molar-refractivity contribution is 7.80. The summed E-state index contributed by atoms with van der Waals surface area (Å²) in [7, 11) is 0. The molecule has 0 spiro atoms. The number of nitrogens with zero attached hydrogens (tertiary/aromatic N) is 1. The summed E-state index contributed by atoms with van der Waals surface area (Å²) in [6, 6.07) is 6.33. The number of anilines is 1. The smallest absolute Gasteiger partial charge is 0.247 e. The van der Waals surface area contributed by atoms with E-state index in [4.69, 9.17) is 5.26 Å². The van der Waals surface area contributed by atoms with Gasteiger partial charge in [-0.25, -0.2) is 0 Å². The number of rotatable bonds is 4. The fourth-order valence-electron chi connectivity index (χ4n) is 1.49. The zero-order valence-corrected chi connectivity index (χ0v) is 11.6. The van der Waals surface area contributed by atoms with Crippen LogP contribution < -0.4 is 10.6 Å². The van der Waals surface area contributed by atoms with Crippen LogP contribution in [0.3, 0.4) is 0 Å². The molecule has 1 aromatic carbocycles. The van der Waals surface area contributed by atoms with E-state index in [1.165, 1.54) is 6.92 Å². The van der Waals surface area contributed by atoms with Crippen molar-refractivity contribution in [3.8, 4) is 6.07 Å². The van der Waals surface area contributed by atoms with Crippen LogP contribution in [-0.2, 0) is 9.59 Å². The van der Waals surface area contributed by atoms with E-state index in [0.717, 1.165) is 5.56 Å². The third kappa shape index (κ3) is 4.30. The van der Waals surface area contributed by atoms with Crippen LogP contribution in [-0.4, -0.2) is 23.6 Å². The van der Waals surface area contributed by atoms with E-state index in [1.54, 1.807) is 18.2 Å². The van der Waals surface area contributed by atoms with E-state index < -0.39 is 6.04 Å². The first kappa shape index (κ1) is 15.1. The maximum atomic E-state index is 12.0. The quantitative estimate of drug-likeness (QED) is 0.724. The summed E-state index contributed by atoms with van der Waals surface area (Å²) in [6.45, 7) is 3.16. The predicted molar refractivity (Wildman–Crippen MR) is 76.0 cm³/mol. The van der Waals surface area contributed by atoms with Gasteiger partial charge in [0, 0.05) is 18.4 Å². The Morgan fingerprint density at radius 3 is 2.68 bits per heavy atom. The third-order valence-corrected chi connectivity index (χ3v) is 2.87. The molecule has 1 rings (SSSR count). The zero-order chi connectivity index (χ0) is 14.4. The highest BCUT2D eigenvalue weighted by Gasteiger charge is 2.18. The van der Waals surface area contributed by atoms with E-state index in [9.17, 15) is 9.59 Å². The van der Waals surface area contributed by atoms with Crippen molar-refractivity contribution in [2.75, 3.05) is 11.1 Å². The van der Waals surface area contributed by atoms with Crippen molar-refractivity contribution in [3.05, 3.63) is 29.3 Å². The minimum atomic E-state index is -0.703. The number of amides is 2. The van der Waals surface area contributed by atoms with Crippen LogP contribution in [0.25, 0.3) is 0 Å². The van der Waals surface area contributed by atoms with Crippen molar-refractivity contribution in [1.82, 2.24) is 5.32 Å². The molecule has 1 atom stereocenters. The fraction of sp³-hybridized carbons (Fsp3) is 0.308. The van der Waals surface area contributed by atoms with E-state index in [1.807, 2.05) is 13.0 Å². The second kappa shape index (κ2) is 6.81. The minimum absolute atomic E-state index is 0.197. The summed E-state index contributed by atoms with van der Waals surface area (Å²) in [5.74, 6) is -0.456. The summed E-state index contributed by atoms with van der Waals surface area (Å²) < 4.78 is 0. The van der Waals surface area contributed by atoms with Gasteiger partial charge >= 0.3 is 0 Å². The molecule has 100 valence electrons.